The first-order valence-corrected chi connectivity index (χ1v) is 11.9. The van der Waals surface area contributed by atoms with Gasteiger partial charge in [-0.2, -0.15) is 5.10 Å². The van der Waals surface area contributed by atoms with Crippen molar-refractivity contribution in [3.8, 4) is 0 Å². The van der Waals surface area contributed by atoms with Crippen LogP contribution < -0.4 is 5.32 Å². The van der Waals surface area contributed by atoms with Gasteiger partial charge in [-0.15, -0.1) is 0 Å². The molecule has 4 rings (SSSR count). The maximum atomic E-state index is 12.9. The van der Waals surface area contributed by atoms with Gasteiger partial charge in [0.15, 0.2) is 0 Å². The number of anilines is 1. The van der Waals surface area contributed by atoms with E-state index >= 15 is 0 Å². The maximum Gasteiger partial charge on any atom is 0.255 e. The van der Waals surface area contributed by atoms with Crippen molar-refractivity contribution in [2.24, 2.45) is 5.92 Å². The van der Waals surface area contributed by atoms with Crippen LogP contribution in [0.2, 0.25) is 10.0 Å². The Labute approximate surface area is 198 Å². The zero-order valence-corrected chi connectivity index (χ0v) is 20.2. The third kappa shape index (κ3) is 4.95. The molecule has 1 aliphatic rings. The van der Waals surface area contributed by atoms with E-state index in [4.69, 9.17) is 28.3 Å². The molecule has 5 nitrogen and oxygen atoms in total. The second-order valence-corrected chi connectivity index (χ2v) is 10.2. The Kier molecular flexibility index (Phi) is 6.53. The topological polar surface area (TPSA) is 67.2 Å². The number of aliphatic hydroxyl groups is 1. The number of halogens is 2. The second kappa shape index (κ2) is 9.05. The Bertz CT molecular complexity index is 1120. The molecule has 0 radical (unpaired) electrons. The normalized spacial score (nSPS) is 19.3. The molecule has 170 valence electrons. The molecule has 0 atom stereocenters. The number of benzene rings is 2. The van der Waals surface area contributed by atoms with Crippen molar-refractivity contribution >= 4 is 45.7 Å². The highest BCUT2D eigenvalue weighted by atomic mass is 35.5. The highest BCUT2D eigenvalue weighted by molar-refractivity contribution is 6.35. The van der Waals surface area contributed by atoms with Gasteiger partial charge in [-0.25, -0.2) is 0 Å². The molecule has 7 heteroatoms. The highest BCUT2D eigenvalue weighted by Crippen LogP contribution is 2.36. The Balaban J connectivity index is 1.67. The van der Waals surface area contributed by atoms with E-state index < -0.39 is 5.60 Å². The molecule has 1 amide bonds. The van der Waals surface area contributed by atoms with Crippen molar-refractivity contribution in [3.63, 3.8) is 0 Å². The van der Waals surface area contributed by atoms with Gasteiger partial charge < -0.3 is 10.4 Å². The van der Waals surface area contributed by atoms with Crippen molar-refractivity contribution in [2.45, 2.75) is 64.5 Å². The van der Waals surface area contributed by atoms with Gasteiger partial charge in [0.05, 0.1) is 17.2 Å². The van der Waals surface area contributed by atoms with E-state index in [0.29, 0.717) is 32.9 Å². The number of rotatable bonds is 5. The van der Waals surface area contributed by atoms with Gasteiger partial charge >= 0.3 is 0 Å². The SMILES string of the molecule is CC[C@H]1CC[C@H](n2cc3cc(NC(=O)c4cc(Cl)cc(Cl)c4)c(C(C)(C)O)cc3n2)CC1. The predicted octanol–water partition coefficient (Wildman–Crippen LogP) is 6.96. The first-order valence-electron chi connectivity index (χ1n) is 11.2. The fourth-order valence-electron chi connectivity index (χ4n) is 4.58. The van der Waals surface area contributed by atoms with Crippen LogP contribution >= 0.6 is 23.2 Å². The Hall–Kier alpha value is -2.08. The van der Waals surface area contributed by atoms with E-state index in [1.807, 2.05) is 18.3 Å². The lowest BCUT2D eigenvalue weighted by atomic mass is 9.85. The lowest BCUT2D eigenvalue weighted by molar-refractivity contribution is 0.0794. The molecule has 2 N–H and O–H groups in total. The van der Waals surface area contributed by atoms with Crippen molar-refractivity contribution in [2.75, 3.05) is 5.32 Å². The second-order valence-electron chi connectivity index (χ2n) is 9.32. The molecule has 0 unspecified atom stereocenters. The van der Waals surface area contributed by atoms with Crippen molar-refractivity contribution < 1.29 is 9.90 Å². The number of carbonyl (C=O) groups excluding carboxylic acids is 1. The number of amides is 1. The summed E-state index contributed by atoms with van der Waals surface area (Å²) in [6, 6.07) is 8.85. The first kappa shape index (κ1) is 23.1. The number of nitrogens with zero attached hydrogens (tertiary/aromatic N) is 2. The van der Waals surface area contributed by atoms with Gasteiger partial charge in [-0.3, -0.25) is 9.48 Å². The molecule has 0 aliphatic heterocycles. The van der Waals surface area contributed by atoms with Crippen LogP contribution in [0.4, 0.5) is 5.69 Å². The summed E-state index contributed by atoms with van der Waals surface area (Å²) in [4.78, 5) is 12.9. The van der Waals surface area contributed by atoms with E-state index in [9.17, 15) is 9.90 Å². The smallest absolute Gasteiger partial charge is 0.255 e. The summed E-state index contributed by atoms with van der Waals surface area (Å²) < 4.78 is 2.06. The van der Waals surface area contributed by atoms with Crippen LogP contribution in [0.5, 0.6) is 0 Å². The number of nitrogens with one attached hydrogen (secondary N) is 1. The Morgan fingerprint density at radius 1 is 1.12 bits per heavy atom. The number of fused-ring (bicyclic) bond motifs is 1. The standard InChI is InChI=1S/C25H29Cl2N3O2/c1-4-15-5-7-20(8-6-15)30-14-17-11-23(21(25(2,3)32)13-22(17)29-30)28-24(31)16-9-18(26)12-19(27)10-16/h9-15,20,32H,4-8H2,1-3H3,(H,28,31)/t15-,20-. The average molecular weight is 474 g/mol. The highest BCUT2D eigenvalue weighted by Gasteiger charge is 2.25. The fourth-order valence-corrected chi connectivity index (χ4v) is 5.11. The zero-order chi connectivity index (χ0) is 23.0. The van der Waals surface area contributed by atoms with Crippen LogP contribution in [0.1, 0.15) is 74.8 Å². The van der Waals surface area contributed by atoms with Crippen molar-refractivity contribution in [1.82, 2.24) is 9.78 Å². The summed E-state index contributed by atoms with van der Waals surface area (Å²) in [5.41, 5.74) is 1.15. The molecule has 1 saturated carbocycles. The third-order valence-electron chi connectivity index (χ3n) is 6.46. The van der Waals surface area contributed by atoms with Crippen molar-refractivity contribution in [1.29, 1.82) is 0 Å². The quantitative estimate of drug-likeness (QED) is 0.420. The van der Waals surface area contributed by atoms with Gasteiger partial charge in [-0.1, -0.05) is 36.5 Å². The minimum Gasteiger partial charge on any atom is -0.386 e. The summed E-state index contributed by atoms with van der Waals surface area (Å²) >= 11 is 12.1. The third-order valence-corrected chi connectivity index (χ3v) is 6.90. The molecule has 1 heterocycles. The molecule has 1 fully saturated rings. The Morgan fingerprint density at radius 3 is 2.38 bits per heavy atom. The van der Waals surface area contributed by atoms with Gasteiger partial charge in [0, 0.05) is 38.4 Å². The predicted molar refractivity (Wildman–Crippen MR) is 131 cm³/mol. The number of carbonyl (C=O) groups is 1. The lowest BCUT2D eigenvalue weighted by Gasteiger charge is -2.27. The molecule has 1 aliphatic carbocycles. The van der Waals surface area contributed by atoms with Gasteiger partial charge in [0.25, 0.3) is 5.91 Å². The van der Waals surface area contributed by atoms with Gasteiger partial charge in [-0.05, 0) is 75.8 Å². The fraction of sp³-hybridized carbons (Fsp3) is 0.440. The Morgan fingerprint density at radius 2 is 1.78 bits per heavy atom. The maximum absolute atomic E-state index is 12.9. The van der Waals surface area contributed by atoms with E-state index in [-0.39, 0.29) is 5.91 Å². The number of hydrogen-bond acceptors (Lipinski definition) is 3. The van der Waals surface area contributed by atoms with E-state index in [1.54, 1.807) is 32.0 Å². The molecule has 0 spiro atoms. The summed E-state index contributed by atoms with van der Waals surface area (Å²) in [6.45, 7) is 5.66. The molecule has 3 aromatic rings. The number of hydrogen-bond donors (Lipinski definition) is 2. The largest absolute Gasteiger partial charge is 0.386 e. The summed E-state index contributed by atoms with van der Waals surface area (Å²) in [7, 11) is 0. The van der Waals surface area contributed by atoms with Gasteiger partial charge in [0.1, 0.15) is 0 Å². The molecule has 0 bridgehead atoms. The van der Waals surface area contributed by atoms with Crippen molar-refractivity contribution in [3.05, 3.63) is 57.7 Å². The van der Waals surface area contributed by atoms with E-state index in [1.165, 1.54) is 19.3 Å². The average Bonchev–Trinajstić information content (AvgIpc) is 3.15. The van der Waals surface area contributed by atoms with Crippen LogP contribution in [0, 0.1) is 5.92 Å². The monoisotopic (exact) mass is 473 g/mol. The number of aromatic nitrogens is 2. The van der Waals surface area contributed by atoms with Crippen LogP contribution in [0.25, 0.3) is 10.9 Å². The molecular formula is C25H29Cl2N3O2. The van der Waals surface area contributed by atoms with Gasteiger partial charge in [0.2, 0.25) is 0 Å². The van der Waals surface area contributed by atoms with Crippen LogP contribution in [0.15, 0.2) is 36.5 Å². The van der Waals surface area contributed by atoms with Crippen LogP contribution in [-0.2, 0) is 5.60 Å². The summed E-state index contributed by atoms with van der Waals surface area (Å²) in [5.74, 6) is 0.476. The molecule has 2 aromatic carbocycles. The first-order chi connectivity index (χ1) is 15.1. The zero-order valence-electron chi connectivity index (χ0n) is 18.7. The minimum absolute atomic E-state index is 0.343. The molecular weight excluding hydrogens is 445 g/mol. The lowest BCUT2D eigenvalue weighted by Crippen LogP contribution is -2.21. The molecule has 32 heavy (non-hydrogen) atoms. The molecule has 1 aromatic heterocycles. The summed E-state index contributed by atoms with van der Waals surface area (Å²) in [5, 5.41) is 20.2. The van der Waals surface area contributed by atoms with Crippen LogP contribution in [-0.4, -0.2) is 20.8 Å². The summed E-state index contributed by atoms with van der Waals surface area (Å²) in [6.07, 6.45) is 8.01. The molecule has 0 saturated heterocycles. The van der Waals surface area contributed by atoms with E-state index in [2.05, 4.69) is 16.9 Å². The van der Waals surface area contributed by atoms with E-state index in [0.717, 1.165) is 29.7 Å². The van der Waals surface area contributed by atoms with Crippen LogP contribution in [0.3, 0.4) is 0 Å². The minimum atomic E-state index is -1.16.